The molecule has 0 radical (unpaired) electrons. The fraction of sp³-hybridized carbons (Fsp3) is 0.100. The molecule has 0 aliphatic rings. The average Bonchev–Trinajstić information content (AvgIpc) is 2.41. The van der Waals surface area contributed by atoms with Gasteiger partial charge in [0.25, 0.3) is 0 Å². The number of nitrogens with zero attached hydrogens (tertiary/aromatic N) is 3. The van der Waals surface area contributed by atoms with Crippen molar-refractivity contribution in [3.8, 4) is 6.01 Å². The fourth-order valence-electron chi connectivity index (χ4n) is 1.23. The number of nitrogens with one attached hydrogen (secondary N) is 2. The van der Waals surface area contributed by atoms with Crippen molar-refractivity contribution < 1.29 is 4.74 Å². The summed E-state index contributed by atoms with van der Waals surface area (Å²) in [7, 11) is 1.48. The van der Waals surface area contributed by atoms with E-state index in [0.717, 1.165) is 9.26 Å². The quantitative estimate of drug-likeness (QED) is 0.433. The van der Waals surface area contributed by atoms with Crippen molar-refractivity contribution in [2.75, 3.05) is 17.9 Å². The first-order chi connectivity index (χ1) is 8.71. The van der Waals surface area contributed by atoms with Crippen LogP contribution in [0.2, 0.25) is 0 Å². The molecule has 8 heteroatoms. The van der Waals surface area contributed by atoms with Gasteiger partial charge >= 0.3 is 6.01 Å². The summed E-state index contributed by atoms with van der Waals surface area (Å²) >= 11 is 2.23. The van der Waals surface area contributed by atoms with Crippen LogP contribution in [0.4, 0.5) is 17.6 Å². The topological polar surface area (TPSA) is 98.0 Å². The molecule has 0 spiro atoms. The minimum atomic E-state index is 0.186. The first kappa shape index (κ1) is 12.8. The second-order valence-electron chi connectivity index (χ2n) is 3.25. The zero-order chi connectivity index (χ0) is 13.0. The summed E-state index contributed by atoms with van der Waals surface area (Å²) < 4.78 is 6.10. The van der Waals surface area contributed by atoms with Crippen LogP contribution in [0.25, 0.3) is 0 Å². The Morgan fingerprint density at radius 1 is 1.11 bits per heavy atom. The van der Waals surface area contributed by atoms with E-state index in [4.69, 9.17) is 10.6 Å². The molecule has 0 atom stereocenters. The van der Waals surface area contributed by atoms with Gasteiger partial charge in [-0.2, -0.15) is 15.0 Å². The van der Waals surface area contributed by atoms with E-state index in [1.54, 1.807) is 0 Å². The Morgan fingerprint density at radius 3 is 2.39 bits per heavy atom. The van der Waals surface area contributed by atoms with Gasteiger partial charge < -0.3 is 10.1 Å². The normalized spacial score (nSPS) is 9.94. The summed E-state index contributed by atoms with van der Waals surface area (Å²) in [6.45, 7) is 0. The van der Waals surface area contributed by atoms with Crippen LogP contribution in [0.15, 0.2) is 24.3 Å². The number of hydrogen-bond donors (Lipinski definition) is 3. The van der Waals surface area contributed by atoms with Crippen LogP contribution >= 0.6 is 22.6 Å². The van der Waals surface area contributed by atoms with E-state index in [1.807, 2.05) is 24.3 Å². The zero-order valence-electron chi connectivity index (χ0n) is 9.51. The van der Waals surface area contributed by atoms with Crippen molar-refractivity contribution >= 4 is 40.2 Å². The highest BCUT2D eigenvalue weighted by molar-refractivity contribution is 14.1. The van der Waals surface area contributed by atoms with Crippen molar-refractivity contribution in [1.82, 2.24) is 15.0 Å². The smallest absolute Gasteiger partial charge is 0.322 e. The Kier molecular flexibility index (Phi) is 4.10. The van der Waals surface area contributed by atoms with Gasteiger partial charge in [-0.25, -0.2) is 5.84 Å². The van der Waals surface area contributed by atoms with Gasteiger partial charge in [-0.3, -0.25) is 5.43 Å². The molecule has 7 nitrogen and oxygen atoms in total. The van der Waals surface area contributed by atoms with E-state index in [-0.39, 0.29) is 12.0 Å². The molecule has 2 aromatic rings. The fourth-order valence-corrected chi connectivity index (χ4v) is 1.59. The molecule has 4 N–H and O–H groups in total. The molecular formula is C10H11IN6O. The van der Waals surface area contributed by atoms with Crippen molar-refractivity contribution in [1.29, 1.82) is 0 Å². The molecule has 0 fully saturated rings. The Hall–Kier alpha value is -1.68. The molecule has 0 saturated heterocycles. The molecule has 1 heterocycles. The van der Waals surface area contributed by atoms with Gasteiger partial charge in [0.15, 0.2) is 0 Å². The van der Waals surface area contributed by atoms with E-state index in [9.17, 15) is 0 Å². The Morgan fingerprint density at radius 2 is 1.78 bits per heavy atom. The third-order valence-electron chi connectivity index (χ3n) is 2.03. The summed E-state index contributed by atoms with van der Waals surface area (Å²) in [5.41, 5.74) is 3.22. The molecular weight excluding hydrogens is 347 g/mol. The van der Waals surface area contributed by atoms with Crippen molar-refractivity contribution in [3.63, 3.8) is 0 Å². The number of aromatic nitrogens is 3. The zero-order valence-corrected chi connectivity index (χ0v) is 11.7. The van der Waals surface area contributed by atoms with Crippen LogP contribution in [0, 0.1) is 3.57 Å². The van der Waals surface area contributed by atoms with Gasteiger partial charge in [0.05, 0.1) is 7.11 Å². The second kappa shape index (κ2) is 5.78. The molecule has 0 saturated carbocycles. The number of rotatable bonds is 4. The number of benzene rings is 1. The van der Waals surface area contributed by atoms with Gasteiger partial charge in [0, 0.05) is 9.26 Å². The lowest BCUT2D eigenvalue weighted by atomic mass is 10.3. The Bertz CT molecular complexity index is 510. The van der Waals surface area contributed by atoms with Crippen molar-refractivity contribution in [2.45, 2.75) is 0 Å². The van der Waals surface area contributed by atoms with Gasteiger partial charge in [-0.1, -0.05) is 0 Å². The molecule has 94 valence electrons. The van der Waals surface area contributed by atoms with E-state index in [1.165, 1.54) is 7.11 Å². The van der Waals surface area contributed by atoms with E-state index >= 15 is 0 Å². The molecule has 0 aliphatic carbocycles. The number of hydrazine groups is 1. The lowest BCUT2D eigenvalue weighted by Crippen LogP contribution is -2.13. The predicted octanol–water partition coefficient (Wildman–Crippen LogP) is 1.51. The third kappa shape index (κ3) is 3.17. The van der Waals surface area contributed by atoms with E-state index < -0.39 is 0 Å². The summed E-state index contributed by atoms with van der Waals surface area (Å²) in [6.07, 6.45) is 0. The van der Waals surface area contributed by atoms with Crippen LogP contribution < -0.4 is 21.3 Å². The summed E-state index contributed by atoms with van der Waals surface area (Å²) in [5, 5.41) is 3.04. The molecule has 0 aliphatic heterocycles. The molecule has 1 aromatic heterocycles. The highest BCUT2D eigenvalue weighted by atomic mass is 127. The minimum Gasteiger partial charge on any atom is -0.467 e. The van der Waals surface area contributed by atoms with E-state index in [2.05, 4.69) is 48.3 Å². The molecule has 0 amide bonds. The maximum atomic E-state index is 5.27. The number of nitrogen functional groups attached to an aromatic ring is 1. The predicted molar refractivity (Wildman–Crippen MR) is 76.6 cm³/mol. The van der Waals surface area contributed by atoms with Crippen LogP contribution in [0.1, 0.15) is 0 Å². The first-order valence-corrected chi connectivity index (χ1v) is 6.08. The number of anilines is 3. The Labute approximate surface area is 117 Å². The van der Waals surface area contributed by atoms with Crippen LogP contribution in [0.3, 0.4) is 0 Å². The molecule has 0 bridgehead atoms. The number of nitrogens with two attached hydrogens (primary N) is 1. The first-order valence-electron chi connectivity index (χ1n) is 5.00. The largest absolute Gasteiger partial charge is 0.467 e. The maximum absolute atomic E-state index is 5.27. The lowest BCUT2D eigenvalue weighted by Gasteiger charge is -2.07. The SMILES string of the molecule is COc1nc(NN)nc(Nc2ccc(I)cc2)n1. The van der Waals surface area contributed by atoms with Crippen LogP contribution in [-0.2, 0) is 0 Å². The summed E-state index contributed by atoms with van der Waals surface area (Å²) in [5.74, 6) is 5.86. The summed E-state index contributed by atoms with van der Waals surface area (Å²) in [4.78, 5) is 12.0. The van der Waals surface area contributed by atoms with Gasteiger partial charge in [0.2, 0.25) is 11.9 Å². The summed E-state index contributed by atoms with van der Waals surface area (Å²) in [6, 6.07) is 7.99. The molecule has 18 heavy (non-hydrogen) atoms. The number of ether oxygens (including phenoxy) is 1. The van der Waals surface area contributed by atoms with Crippen LogP contribution in [-0.4, -0.2) is 22.1 Å². The van der Waals surface area contributed by atoms with Gasteiger partial charge in [0.1, 0.15) is 0 Å². The Balaban J connectivity index is 2.25. The maximum Gasteiger partial charge on any atom is 0.322 e. The van der Waals surface area contributed by atoms with Crippen molar-refractivity contribution in [2.24, 2.45) is 5.84 Å². The van der Waals surface area contributed by atoms with Crippen LogP contribution in [0.5, 0.6) is 6.01 Å². The monoisotopic (exact) mass is 358 g/mol. The third-order valence-corrected chi connectivity index (χ3v) is 2.75. The molecule has 2 rings (SSSR count). The number of hydrogen-bond acceptors (Lipinski definition) is 7. The van der Waals surface area contributed by atoms with Gasteiger partial charge in [-0.05, 0) is 46.9 Å². The lowest BCUT2D eigenvalue weighted by molar-refractivity contribution is 0.379. The minimum absolute atomic E-state index is 0.186. The molecule has 1 aromatic carbocycles. The van der Waals surface area contributed by atoms with Crippen molar-refractivity contribution in [3.05, 3.63) is 27.8 Å². The second-order valence-corrected chi connectivity index (χ2v) is 4.49. The molecule has 0 unspecified atom stereocenters. The van der Waals surface area contributed by atoms with Gasteiger partial charge in [-0.15, -0.1) is 0 Å². The number of halogens is 1. The average molecular weight is 358 g/mol. The highest BCUT2D eigenvalue weighted by Gasteiger charge is 2.05. The highest BCUT2D eigenvalue weighted by Crippen LogP contribution is 2.17. The van der Waals surface area contributed by atoms with E-state index in [0.29, 0.717) is 5.95 Å². The standard InChI is InChI=1S/C10H11IN6O/c1-18-10-15-8(14-9(16-10)17-12)13-7-4-2-6(11)3-5-7/h2-5H,12H2,1H3,(H2,13,14,15,16,17). The number of methoxy groups -OCH3 is 1.